The third-order valence-corrected chi connectivity index (χ3v) is 4.47. The Labute approximate surface area is 142 Å². The van der Waals surface area contributed by atoms with Crippen molar-refractivity contribution in [3.63, 3.8) is 0 Å². The van der Waals surface area contributed by atoms with Crippen LogP contribution >= 0.6 is 0 Å². The molecule has 0 bridgehead atoms. The first-order valence-electron chi connectivity index (χ1n) is 8.47. The van der Waals surface area contributed by atoms with Crippen LogP contribution in [0, 0.1) is 5.92 Å². The number of hydrogen-bond acceptors (Lipinski definition) is 3. The molecule has 24 heavy (non-hydrogen) atoms. The van der Waals surface area contributed by atoms with Gasteiger partial charge in [0.15, 0.2) is 0 Å². The first-order chi connectivity index (χ1) is 11.7. The van der Waals surface area contributed by atoms with Gasteiger partial charge in [0.05, 0.1) is 6.33 Å². The van der Waals surface area contributed by atoms with Gasteiger partial charge in [0, 0.05) is 51.2 Å². The van der Waals surface area contributed by atoms with Crippen molar-refractivity contribution in [1.82, 2.24) is 25.1 Å². The van der Waals surface area contributed by atoms with Crippen molar-refractivity contribution in [1.29, 1.82) is 0 Å². The van der Waals surface area contributed by atoms with Crippen LogP contribution in [0.5, 0.6) is 0 Å². The van der Waals surface area contributed by atoms with Gasteiger partial charge in [-0.15, -0.1) is 0 Å². The van der Waals surface area contributed by atoms with Crippen LogP contribution in [0.1, 0.15) is 12.5 Å². The van der Waals surface area contributed by atoms with Gasteiger partial charge in [0.25, 0.3) is 0 Å². The van der Waals surface area contributed by atoms with Gasteiger partial charge in [-0.1, -0.05) is 37.3 Å². The molecule has 1 saturated heterocycles. The number of benzene rings is 1. The molecule has 2 atom stereocenters. The summed E-state index contributed by atoms with van der Waals surface area (Å²) in [5.41, 5.74) is 1.31. The molecule has 0 radical (unpaired) electrons. The highest BCUT2D eigenvalue weighted by Gasteiger charge is 2.30. The standard InChI is InChI=1S/C18H25N5O/c1-15-11-23(12-16-5-3-2-4-6-16)13-17(15)21-18(24)20-8-10-22-9-7-19-14-22/h2-7,9,14-15,17H,8,10-13H2,1H3,(H2,20,21,24). The normalized spacial score (nSPS) is 20.9. The van der Waals surface area contributed by atoms with E-state index in [0.29, 0.717) is 12.5 Å². The third-order valence-electron chi connectivity index (χ3n) is 4.47. The lowest BCUT2D eigenvalue weighted by Crippen LogP contribution is -2.46. The molecule has 2 N–H and O–H groups in total. The van der Waals surface area contributed by atoms with E-state index in [4.69, 9.17) is 0 Å². The van der Waals surface area contributed by atoms with Crippen molar-refractivity contribution in [3.8, 4) is 0 Å². The predicted molar refractivity (Wildman–Crippen MR) is 93.4 cm³/mol. The minimum atomic E-state index is -0.0893. The molecule has 2 heterocycles. The van der Waals surface area contributed by atoms with Gasteiger partial charge in [-0.3, -0.25) is 4.90 Å². The van der Waals surface area contributed by atoms with Gasteiger partial charge in [-0.25, -0.2) is 9.78 Å². The van der Waals surface area contributed by atoms with Crippen molar-refractivity contribution >= 4 is 6.03 Å². The molecule has 3 rings (SSSR count). The summed E-state index contributed by atoms with van der Waals surface area (Å²) in [6.07, 6.45) is 5.38. The average molecular weight is 327 g/mol. The summed E-state index contributed by atoms with van der Waals surface area (Å²) in [6.45, 7) is 6.36. The van der Waals surface area contributed by atoms with Crippen molar-refractivity contribution in [3.05, 3.63) is 54.6 Å². The van der Waals surface area contributed by atoms with Gasteiger partial charge in [-0.05, 0) is 11.5 Å². The number of hydrogen-bond donors (Lipinski definition) is 2. The van der Waals surface area contributed by atoms with E-state index in [1.54, 1.807) is 12.5 Å². The number of imidazole rings is 1. The maximum atomic E-state index is 12.1. The maximum absolute atomic E-state index is 12.1. The SMILES string of the molecule is CC1CN(Cc2ccccc2)CC1NC(=O)NCCn1ccnc1. The number of carbonyl (C=O) groups excluding carboxylic acids is 1. The summed E-state index contributed by atoms with van der Waals surface area (Å²) in [4.78, 5) is 18.5. The first-order valence-corrected chi connectivity index (χ1v) is 8.47. The highest BCUT2D eigenvalue weighted by atomic mass is 16.2. The third kappa shape index (κ3) is 4.58. The number of carbonyl (C=O) groups is 1. The van der Waals surface area contributed by atoms with E-state index in [1.807, 2.05) is 16.8 Å². The number of aromatic nitrogens is 2. The second-order valence-electron chi connectivity index (χ2n) is 6.46. The van der Waals surface area contributed by atoms with Gasteiger partial charge >= 0.3 is 6.03 Å². The molecule has 2 aromatic rings. The fraction of sp³-hybridized carbons (Fsp3) is 0.444. The van der Waals surface area contributed by atoms with Crippen molar-refractivity contribution in [2.24, 2.45) is 5.92 Å². The fourth-order valence-corrected chi connectivity index (χ4v) is 3.16. The van der Waals surface area contributed by atoms with Crippen molar-refractivity contribution < 1.29 is 4.79 Å². The Morgan fingerprint density at radius 3 is 2.88 bits per heavy atom. The number of amides is 2. The molecule has 2 amide bonds. The van der Waals surface area contributed by atoms with Crippen LogP contribution in [0.4, 0.5) is 4.79 Å². The number of likely N-dealkylation sites (tertiary alicyclic amines) is 1. The van der Waals surface area contributed by atoms with E-state index in [-0.39, 0.29) is 12.1 Å². The van der Waals surface area contributed by atoms with Gasteiger partial charge < -0.3 is 15.2 Å². The zero-order chi connectivity index (χ0) is 16.8. The predicted octanol–water partition coefficient (Wildman–Crippen LogP) is 1.70. The largest absolute Gasteiger partial charge is 0.336 e. The molecule has 6 heteroatoms. The second kappa shape index (κ2) is 7.97. The first kappa shape index (κ1) is 16.5. The van der Waals surface area contributed by atoms with E-state index in [1.165, 1.54) is 5.56 Å². The van der Waals surface area contributed by atoms with Gasteiger partial charge in [-0.2, -0.15) is 0 Å². The molecule has 1 aromatic carbocycles. The van der Waals surface area contributed by atoms with Crippen LogP contribution in [0.2, 0.25) is 0 Å². The molecule has 0 saturated carbocycles. The Balaban J connectivity index is 1.41. The molecule has 6 nitrogen and oxygen atoms in total. The Morgan fingerprint density at radius 2 is 2.12 bits per heavy atom. The second-order valence-corrected chi connectivity index (χ2v) is 6.46. The Hall–Kier alpha value is -2.34. The Kier molecular flexibility index (Phi) is 5.48. The number of urea groups is 1. The molecule has 0 aliphatic carbocycles. The van der Waals surface area contributed by atoms with Crippen LogP contribution < -0.4 is 10.6 Å². The molecular weight excluding hydrogens is 302 g/mol. The fourth-order valence-electron chi connectivity index (χ4n) is 3.16. The summed E-state index contributed by atoms with van der Waals surface area (Å²) in [6, 6.07) is 10.6. The molecular formula is C18H25N5O. The van der Waals surface area contributed by atoms with Crippen LogP contribution in [0.3, 0.4) is 0 Å². The van der Waals surface area contributed by atoms with E-state index in [9.17, 15) is 4.79 Å². The highest BCUT2D eigenvalue weighted by molar-refractivity contribution is 5.74. The molecule has 2 unspecified atom stereocenters. The average Bonchev–Trinajstić information content (AvgIpc) is 3.19. The summed E-state index contributed by atoms with van der Waals surface area (Å²) in [5, 5.41) is 6.02. The van der Waals surface area contributed by atoms with Crippen LogP contribution in [0.15, 0.2) is 49.1 Å². The quantitative estimate of drug-likeness (QED) is 0.849. The van der Waals surface area contributed by atoms with Crippen LogP contribution in [-0.4, -0.2) is 46.2 Å². The topological polar surface area (TPSA) is 62.2 Å². The minimum absolute atomic E-state index is 0.0893. The summed E-state index contributed by atoms with van der Waals surface area (Å²) in [5.74, 6) is 0.452. The number of nitrogens with zero attached hydrogens (tertiary/aromatic N) is 3. The van der Waals surface area contributed by atoms with E-state index in [2.05, 4.69) is 51.7 Å². The van der Waals surface area contributed by atoms with Crippen LogP contribution in [0.25, 0.3) is 0 Å². The molecule has 1 aliphatic rings. The lowest BCUT2D eigenvalue weighted by atomic mass is 10.1. The molecule has 128 valence electrons. The van der Waals surface area contributed by atoms with E-state index in [0.717, 1.165) is 26.2 Å². The van der Waals surface area contributed by atoms with Crippen LogP contribution in [-0.2, 0) is 13.1 Å². The smallest absolute Gasteiger partial charge is 0.315 e. The maximum Gasteiger partial charge on any atom is 0.315 e. The van der Waals surface area contributed by atoms with Crippen molar-refractivity contribution in [2.45, 2.75) is 26.1 Å². The molecule has 1 aliphatic heterocycles. The van der Waals surface area contributed by atoms with Gasteiger partial charge in [0.2, 0.25) is 0 Å². The molecule has 1 aromatic heterocycles. The Bertz CT molecular complexity index is 628. The summed E-state index contributed by atoms with van der Waals surface area (Å²) < 4.78 is 1.94. The number of rotatable bonds is 6. The molecule has 0 spiro atoms. The van der Waals surface area contributed by atoms with Crippen molar-refractivity contribution in [2.75, 3.05) is 19.6 Å². The highest BCUT2D eigenvalue weighted by Crippen LogP contribution is 2.18. The zero-order valence-corrected chi connectivity index (χ0v) is 14.1. The van der Waals surface area contributed by atoms with E-state index >= 15 is 0 Å². The molecule has 1 fully saturated rings. The number of nitrogens with one attached hydrogen (secondary N) is 2. The monoisotopic (exact) mass is 327 g/mol. The van der Waals surface area contributed by atoms with E-state index < -0.39 is 0 Å². The van der Waals surface area contributed by atoms with Gasteiger partial charge in [0.1, 0.15) is 0 Å². The lowest BCUT2D eigenvalue weighted by Gasteiger charge is -2.18. The zero-order valence-electron chi connectivity index (χ0n) is 14.1. The summed E-state index contributed by atoms with van der Waals surface area (Å²) >= 11 is 0. The minimum Gasteiger partial charge on any atom is -0.336 e. The Morgan fingerprint density at radius 1 is 1.29 bits per heavy atom. The summed E-state index contributed by atoms with van der Waals surface area (Å²) in [7, 11) is 0. The lowest BCUT2D eigenvalue weighted by molar-refractivity contribution is 0.234.